The van der Waals surface area contributed by atoms with E-state index in [2.05, 4.69) is 40.8 Å². The molecule has 2 heterocycles. The molecule has 5 aromatic rings. The van der Waals surface area contributed by atoms with Crippen molar-refractivity contribution in [1.82, 2.24) is 4.57 Å². The maximum atomic E-state index is 14.6. The van der Waals surface area contributed by atoms with Crippen molar-refractivity contribution in [1.29, 1.82) is 0 Å². The fourth-order valence-electron chi connectivity index (χ4n) is 6.75. The fraction of sp³-hybridized carbons (Fsp3) is 0.220. The number of hydrogen-bond acceptors (Lipinski definition) is 5. The zero-order valence-electron chi connectivity index (χ0n) is 27.3. The Morgan fingerprint density at radius 3 is 2.04 bits per heavy atom. The first-order valence-corrected chi connectivity index (χ1v) is 17.8. The molecule has 0 fully saturated rings. The number of amides is 1. The van der Waals surface area contributed by atoms with Gasteiger partial charge in [-0.15, -0.1) is 0 Å². The number of para-hydroxylation sites is 1. The van der Waals surface area contributed by atoms with E-state index < -0.39 is 12.2 Å². The van der Waals surface area contributed by atoms with Crippen LogP contribution in [0.2, 0.25) is 0 Å². The second-order valence-corrected chi connectivity index (χ2v) is 13.3. The lowest BCUT2D eigenvalue weighted by Crippen LogP contribution is -2.39. The van der Waals surface area contributed by atoms with Crippen LogP contribution in [0.5, 0.6) is 5.75 Å². The van der Waals surface area contributed by atoms with Gasteiger partial charge in [0.2, 0.25) is 0 Å². The van der Waals surface area contributed by atoms with Crippen LogP contribution in [0.25, 0.3) is 10.9 Å². The molecular formula is C41H37IN2O5. The van der Waals surface area contributed by atoms with Crippen molar-refractivity contribution in [2.45, 2.75) is 51.7 Å². The lowest BCUT2D eigenvalue weighted by molar-refractivity contribution is 0.141. The van der Waals surface area contributed by atoms with Crippen molar-refractivity contribution in [3.63, 3.8) is 0 Å². The van der Waals surface area contributed by atoms with E-state index in [9.17, 15) is 9.59 Å². The SMILES string of the molecule is CCOc1ccc(C2C(I)=C(C3=CCCCC3)N(C(=O)OCc3ccccc3)c3c2c2ccccc2n3C(=O)OCc2ccccc2)cc1. The lowest BCUT2D eigenvalue weighted by atomic mass is 9.84. The van der Waals surface area contributed by atoms with E-state index in [1.807, 2.05) is 104 Å². The molecule has 4 aromatic carbocycles. The molecular weight excluding hydrogens is 727 g/mol. The summed E-state index contributed by atoms with van der Waals surface area (Å²) in [7, 11) is 0. The number of halogens is 1. The fourth-order valence-corrected chi connectivity index (χ4v) is 8.01. The Hall–Kier alpha value is -4.83. The van der Waals surface area contributed by atoms with Gasteiger partial charge in [0.05, 0.1) is 17.8 Å². The molecule has 7 nitrogen and oxygen atoms in total. The quantitative estimate of drug-likeness (QED) is 0.147. The third-order valence-corrected chi connectivity index (χ3v) is 10.1. The highest BCUT2D eigenvalue weighted by atomic mass is 127. The molecule has 1 atom stereocenters. The summed E-state index contributed by atoms with van der Waals surface area (Å²) in [5, 5.41) is 0.861. The van der Waals surface area contributed by atoms with E-state index >= 15 is 0 Å². The summed E-state index contributed by atoms with van der Waals surface area (Å²) in [5.41, 5.74) is 6.12. The molecule has 248 valence electrons. The number of hydrogen-bond donors (Lipinski definition) is 0. The molecule has 7 rings (SSSR count). The number of benzene rings is 4. The third-order valence-electron chi connectivity index (χ3n) is 8.99. The van der Waals surface area contributed by atoms with Crippen LogP contribution < -0.4 is 9.64 Å². The Morgan fingerprint density at radius 1 is 0.776 bits per heavy atom. The number of ether oxygens (including phenoxy) is 3. The topological polar surface area (TPSA) is 70.0 Å². The summed E-state index contributed by atoms with van der Waals surface area (Å²) in [6, 6.07) is 35.1. The Morgan fingerprint density at radius 2 is 1.41 bits per heavy atom. The number of rotatable bonds is 8. The second kappa shape index (κ2) is 14.7. The Bertz CT molecular complexity index is 2030. The van der Waals surface area contributed by atoms with Crippen molar-refractivity contribution in [3.8, 4) is 5.75 Å². The predicted octanol–water partition coefficient (Wildman–Crippen LogP) is 10.7. The largest absolute Gasteiger partial charge is 0.494 e. The van der Waals surface area contributed by atoms with Crippen LogP contribution in [0, 0.1) is 0 Å². The van der Waals surface area contributed by atoms with E-state index in [4.69, 9.17) is 14.2 Å². The number of aromatic nitrogens is 1. The van der Waals surface area contributed by atoms with Crippen molar-refractivity contribution < 1.29 is 23.8 Å². The highest BCUT2D eigenvalue weighted by molar-refractivity contribution is 14.1. The molecule has 0 saturated heterocycles. The van der Waals surface area contributed by atoms with E-state index in [1.54, 1.807) is 9.47 Å². The van der Waals surface area contributed by atoms with E-state index in [1.165, 1.54) is 0 Å². The molecule has 1 unspecified atom stereocenters. The number of anilines is 1. The van der Waals surface area contributed by atoms with Gasteiger partial charge in [0.15, 0.2) is 0 Å². The average molecular weight is 765 g/mol. The van der Waals surface area contributed by atoms with Gasteiger partial charge in [0.1, 0.15) is 24.8 Å². The summed E-state index contributed by atoms with van der Waals surface area (Å²) in [6.45, 7) is 2.72. The minimum Gasteiger partial charge on any atom is -0.494 e. The highest BCUT2D eigenvalue weighted by Gasteiger charge is 2.43. The van der Waals surface area contributed by atoms with E-state index in [0.29, 0.717) is 17.9 Å². The summed E-state index contributed by atoms with van der Waals surface area (Å²) in [5.74, 6) is 0.961. The van der Waals surface area contributed by atoms with Gasteiger partial charge < -0.3 is 14.2 Å². The summed E-state index contributed by atoms with van der Waals surface area (Å²) >= 11 is 2.41. The summed E-state index contributed by atoms with van der Waals surface area (Å²) in [6.07, 6.45) is 4.94. The second-order valence-electron chi connectivity index (χ2n) is 12.1. The molecule has 2 aliphatic rings. The molecule has 1 amide bonds. The maximum absolute atomic E-state index is 14.6. The lowest BCUT2D eigenvalue weighted by Gasteiger charge is -2.37. The minimum absolute atomic E-state index is 0.0904. The van der Waals surface area contributed by atoms with Crippen LogP contribution in [-0.4, -0.2) is 23.4 Å². The van der Waals surface area contributed by atoms with Crippen LogP contribution >= 0.6 is 22.6 Å². The summed E-state index contributed by atoms with van der Waals surface area (Å²) < 4.78 is 20.4. The van der Waals surface area contributed by atoms with Gasteiger partial charge in [0, 0.05) is 20.4 Å². The first kappa shape index (κ1) is 32.7. The molecule has 1 aliphatic carbocycles. The number of fused-ring (bicyclic) bond motifs is 3. The molecule has 1 aliphatic heterocycles. The van der Waals surface area contributed by atoms with E-state index in [0.717, 1.165) is 73.9 Å². The summed E-state index contributed by atoms with van der Waals surface area (Å²) in [4.78, 5) is 30.6. The van der Waals surface area contributed by atoms with E-state index in [-0.39, 0.29) is 19.1 Å². The Labute approximate surface area is 299 Å². The van der Waals surface area contributed by atoms with Crippen LogP contribution in [0.3, 0.4) is 0 Å². The highest BCUT2D eigenvalue weighted by Crippen LogP contribution is 2.54. The molecule has 0 bridgehead atoms. The van der Waals surface area contributed by atoms with Gasteiger partial charge in [0.25, 0.3) is 0 Å². The van der Waals surface area contributed by atoms with Crippen LogP contribution in [-0.2, 0) is 22.7 Å². The Kier molecular flexibility index (Phi) is 9.84. The number of nitrogens with zero attached hydrogens (tertiary/aromatic N) is 2. The third kappa shape index (κ3) is 6.62. The van der Waals surface area contributed by atoms with Crippen LogP contribution in [0.4, 0.5) is 15.4 Å². The van der Waals surface area contributed by atoms with Crippen molar-refractivity contribution >= 4 is 51.5 Å². The maximum Gasteiger partial charge on any atom is 0.420 e. The van der Waals surface area contributed by atoms with Crippen LogP contribution in [0.15, 0.2) is 130 Å². The van der Waals surface area contributed by atoms with Gasteiger partial charge >= 0.3 is 12.2 Å². The Balaban J connectivity index is 1.44. The number of carbonyl (C=O) groups excluding carboxylic acids is 2. The monoisotopic (exact) mass is 764 g/mol. The minimum atomic E-state index is -0.568. The molecule has 0 radical (unpaired) electrons. The van der Waals surface area contributed by atoms with Gasteiger partial charge in [-0.2, -0.15) is 0 Å². The number of carbonyl (C=O) groups is 2. The first-order valence-electron chi connectivity index (χ1n) is 16.7. The average Bonchev–Trinajstić information content (AvgIpc) is 3.49. The molecule has 0 saturated carbocycles. The van der Waals surface area contributed by atoms with Gasteiger partial charge in [-0.1, -0.05) is 97.1 Å². The van der Waals surface area contributed by atoms with Crippen molar-refractivity contribution in [2.75, 3.05) is 11.5 Å². The first-order chi connectivity index (χ1) is 24.0. The zero-order chi connectivity index (χ0) is 33.7. The van der Waals surface area contributed by atoms with Crippen LogP contribution in [0.1, 0.15) is 60.8 Å². The normalized spacial score (nSPS) is 15.8. The van der Waals surface area contributed by atoms with Gasteiger partial charge in [-0.25, -0.2) is 19.1 Å². The molecule has 0 spiro atoms. The molecule has 1 aromatic heterocycles. The van der Waals surface area contributed by atoms with Crippen molar-refractivity contribution in [2.24, 2.45) is 0 Å². The molecule has 8 heteroatoms. The smallest absolute Gasteiger partial charge is 0.420 e. The predicted molar refractivity (Wildman–Crippen MR) is 200 cm³/mol. The van der Waals surface area contributed by atoms with Gasteiger partial charge in [-0.3, -0.25) is 0 Å². The van der Waals surface area contributed by atoms with Gasteiger partial charge in [-0.05, 0) is 95.7 Å². The molecule has 0 N–H and O–H groups in total. The zero-order valence-corrected chi connectivity index (χ0v) is 29.5. The number of allylic oxidation sites excluding steroid dienone is 3. The molecule has 49 heavy (non-hydrogen) atoms. The van der Waals surface area contributed by atoms with Crippen molar-refractivity contribution in [3.05, 3.63) is 152 Å². The standard InChI is InChI=1S/C41H37IN2O5/c1-2-47-32-24-22-30(23-25-32)35-36-33-20-12-13-21-34(33)43(40(45)48-26-28-14-6-3-7-15-28)39(36)44(38(37(35)42)31-18-10-5-11-19-31)41(46)49-27-29-16-8-4-9-17-29/h3-4,6-9,12-18,20-25,35H,2,5,10-11,19,26-27H2,1H3.